The van der Waals surface area contributed by atoms with Crippen LogP contribution in [0.1, 0.15) is 123 Å². The first-order valence-corrected chi connectivity index (χ1v) is 17.6. The van der Waals surface area contributed by atoms with Crippen molar-refractivity contribution >= 4 is 8.17 Å². The second-order valence-electron chi connectivity index (χ2n) is 11.8. The highest BCUT2D eigenvalue weighted by Crippen LogP contribution is 2.47. The van der Waals surface area contributed by atoms with E-state index in [0.29, 0.717) is 19.8 Å². The van der Waals surface area contributed by atoms with Gasteiger partial charge in [-0.2, -0.15) is 13.9 Å². The predicted octanol–water partition coefficient (Wildman–Crippen LogP) is 6.58. The molecule has 0 aromatic rings. The molecule has 0 spiro atoms. The van der Waals surface area contributed by atoms with Gasteiger partial charge in [0.25, 0.3) is 0 Å². The van der Waals surface area contributed by atoms with Crippen molar-refractivity contribution in [2.45, 2.75) is 129 Å². The molecule has 226 valence electrons. The van der Waals surface area contributed by atoms with Crippen LogP contribution in [0.25, 0.3) is 0 Å². The number of fused-ring (bicyclic) bond motifs is 3. The fourth-order valence-corrected chi connectivity index (χ4v) is 6.77. The number of phosphoric ester groups is 1. The van der Waals surface area contributed by atoms with Gasteiger partial charge in [0.2, 0.25) is 0 Å². The summed E-state index contributed by atoms with van der Waals surface area (Å²) in [7, 11) is -4.09. The summed E-state index contributed by atoms with van der Waals surface area (Å²) in [5, 5.41) is 0. The van der Waals surface area contributed by atoms with Crippen LogP contribution in [-0.2, 0) is 18.5 Å². The monoisotopic (exact) mass is 562 g/mol. The molecule has 8 heteroatoms. The fraction of sp³-hybridized carbons (Fsp3) is 1.00. The summed E-state index contributed by atoms with van der Waals surface area (Å²) < 4.78 is 23.1. The Morgan fingerprint density at radius 2 is 1.26 bits per heavy atom. The van der Waals surface area contributed by atoms with E-state index in [2.05, 4.69) is 6.92 Å². The number of piperidine rings is 3. The van der Waals surface area contributed by atoms with Gasteiger partial charge in [-0.25, -0.2) is 0 Å². The van der Waals surface area contributed by atoms with Gasteiger partial charge in [-0.1, -0.05) is 90.4 Å². The Labute approximate surface area is 235 Å². The smallest absolute Gasteiger partial charge is 0.377 e. The Kier molecular flexibility index (Phi) is 18.9. The van der Waals surface area contributed by atoms with E-state index in [1.165, 1.54) is 122 Å². The summed E-state index contributed by atoms with van der Waals surface area (Å²) in [5.74, 6) is 0.898. The van der Waals surface area contributed by atoms with Crippen LogP contribution in [0, 0.1) is 5.92 Å². The van der Waals surface area contributed by atoms with Crippen molar-refractivity contribution < 1.29 is 32.8 Å². The van der Waals surface area contributed by atoms with E-state index in [1.807, 2.05) is 6.92 Å². The van der Waals surface area contributed by atoms with E-state index >= 15 is 0 Å². The lowest BCUT2D eigenvalue weighted by atomic mass is 9.86. The molecule has 0 aromatic carbocycles. The van der Waals surface area contributed by atoms with Gasteiger partial charge >= 0.3 is 8.17 Å². The average molecular weight is 563 g/mol. The third kappa shape index (κ3) is 15.8. The minimum atomic E-state index is -4.09. The van der Waals surface area contributed by atoms with Crippen LogP contribution >= 0.6 is 8.17 Å². The summed E-state index contributed by atoms with van der Waals surface area (Å²) in [4.78, 5) is 22.5. The van der Waals surface area contributed by atoms with Gasteiger partial charge in [-0.05, 0) is 38.5 Å². The zero-order valence-corrected chi connectivity index (χ0v) is 25.8. The summed E-state index contributed by atoms with van der Waals surface area (Å²) in [5.41, 5.74) is 0. The van der Waals surface area contributed by atoms with Crippen LogP contribution in [0.5, 0.6) is 0 Å². The number of rotatable bonds is 26. The molecular formula is C30H61NO6P+. The van der Waals surface area contributed by atoms with E-state index in [1.54, 1.807) is 0 Å². The molecule has 0 radical (unpaired) electrons. The third-order valence-electron chi connectivity index (χ3n) is 8.63. The van der Waals surface area contributed by atoms with Crippen LogP contribution in [-0.4, -0.2) is 74.7 Å². The fourth-order valence-electron chi connectivity index (χ4n) is 6.03. The Morgan fingerprint density at radius 1 is 0.737 bits per heavy atom. The largest absolute Gasteiger partial charge is 0.606 e. The maximum absolute atomic E-state index is 12.4. The maximum Gasteiger partial charge on any atom is 0.377 e. The molecule has 0 aromatic heterocycles. The number of phosphoric acid groups is 1. The molecular weight excluding hydrogens is 501 g/mol. The van der Waals surface area contributed by atoms with E-state index in [9.17, 15) is 9.79 Å². The van der Waals surface area contributed by atoms with Crippen molar-refractivity contribution in [3.63, 3.8) is 0 Å². The van der Waals surface area contributed by atoms with Gasteiger partial charge in [-0.3, -0.25) is 0 Å². The Morgan fingerprint density at radius 3 is 1.79 bits per heavy atom. The molecule has 0 amide bonds. The standard InChI is InChI=1S/C30H60NO6P/c1-3-5-6-7-8-9-10-11-12-13-14-15-16-17-25-34-27-30(35-4-2)28-37-38(32,33)36-26-24-31-21-18-29(19-22-31)20-23-31/h29-30H,3-28H2,1-2H3/p+1. The van der Waals surface area contributed by atoms with Gasteiger partial charge in [-0.15, -0.1) is 0 Å². The van der Waals surface area contributed by atoms with Crippen LogP contribution in [0.3, 0.4) is 0 Å². The lowest BCUT2D eigenvalue weighted by Crippen LogP contribution is -2.59. The quantitative estimate of drug-likeness (QED) is 0.0728. The number of hydrogen-bond donors (Lipinski definition) is 1. The zero-order valence-electron chi connectivity index (χ0n) is 24.9. The van der Waals surface area contributed by atoms with Crippen LogP contribution in [0.4, 0.5) is 0 Å². The van der Waals surface area contributed by atoms with Gasteiger partial charge in [0, 0.05) is 13.2 Å². The Balaban J connectivity index is 1.41. The summed E-state index contributed by atoms with van der Waals surface area (Å²) in [6.45, 7) is 10.3. The molecule has 3 saturated heterocycles. The topological polar surface area (TPSA) is 80.2 Å². The second kappa shape index (κ2) is 20.9. The number of nitrogens with zero attached hydrogens (tertiary/aromatic N) is 1. The van der Waals surface area contributed by atoms with Crippen molar-refractivity contribution in [3.8, 4) is 0 Å². The molecule has 1 N–H and O–H groups in total. The van der Waals surface area contributed by atoms with Crippen molar-refractivity contribution in [1.82, 2.24) is 0 Å². The number of quaternary nitrogens is 1. The summed E-state index contributed by atoms with van der Waals surface area (Å²) in [6.07, 6.45) is 22.2. The average Bonchev–Trinajstić information content (AvgIpc) is 2.92. The summed E-state index contributed by atoms with van der Waals surface area (Å²) in [6, 6.07) is 0. The number of ether oxygens (including phenoxy) is 2. The maximum atomic E-state index is 12.4. The predicted molar refractivity (Wildman–Crippen MR) is 155 cm³/mol. The Bertz CT molecular complexity index is 545. The molecule has 0 aliphatic carbocycles. The third-order valence-corrected chi connectivity index (χ3v) is 9.61. The Hall–Kier alpha value is 0.150. The van der Waals surface area contributed by atoms with Crippen molar-refractivity contribution in [3.05, 3.63) is 0 Å². The van der Waals surface area contributed by atoms with Crippen LogP contribution in [0.15, 0.2) is 0 Å². The lowest BCUT2D eigenvalue weighted by molar-refractivity contribution is -0.942. The molecule has 0 saturated carbocycles. The van der Waals surface area contributed by atoms with Crippen molar-refractivity contribution in [2.24, 2.45) is 5.92 Å². The molecule has 3 fully saturated rings. The van der Waals surface area contributed by atoms with E-state index < -0.39 is 8.17 Å². The molecule has 2 unspecified atom stereocenters. The molecule has 3 aliphatic rings. The highest BCUT2D eigenvalue weighted by atomic mass is 31.2. The van der Waals surface area contributed by atoms with E-state index in [4.69, 9.17) is 18.5 Å². The van der Waals surface area contributed by atoms with Crippen molar-refractivity contribution in [2.75, 3.05) is 59.2 Å². The molecule has 38 heavy (non-hydrogen) atoms. The number of hydrogen-bond acceptors (Lipinski definition) is 6. The van der Waals surface area contributed by atoms with Gasteiger partial charge in [0.1, 0.15) is 25.9 Å². The highest BCUT2D eigenvalue weighted by molar-refractivity contribution is 7.52. The van der Waals surface area contributed by atoms with E-state index in [0.717, 1.165) is 23.4 Å². The first-order valence-electron chi connectivity index (χ1n) is 16.1. The van der Waals surface area contributed by atoms with Gasteiger partial charge < -0.3 is 18.9 Å². The van der Waals surface area contributed by atoms with Crippen LogP contribution < -0.4 is 4.89 Å². The first-order chi connectivity index (χ1) is 18.5. The number of unbranched alkanes of at least 4 members (excludes halogenated alkanes) is 13. The molecule has 3 aliphatic heterocycles. The molecule has 3 rings (SSSR count). The highest BCUT2D eigenvalue weighted by Gasteiger charge is 2.40. The van der Waals surface area contributed by atoms with Gasteiger partial charge in [0.05, 0.1) is 26.2 Å². The molecule has 3 heterocycles. The van der Waals surface area contributed by atoms with Crippen LogP contribution in [0.2, 0.25) is 0 Å². The second-order valence-corrected chi connectivity index (χ2v) is 13.3. The molecule has 2 atom stereocenters. The summed E-state index contributed by atoms with van der Waals surface area (Å²) >= 11 is 0. The van der Waals surface area contributed by atoms with Gasteiger partial charge in [0.15, 0.2) is 0 Å². The normalized spacial score (nSPS) is 23.5. The van der Waals surface area contributed by atoms with Crippen molar-refractivity contribution in [1.29, 1.82) is 0 Å². The SMILES string of the molecule is CCCCCCCCCCCCCCCCOCC(CO[P+]([O-])(O)OCC[N+]12CCC(CC1)CC2)OCC. The zero-order chi connectivity index (χ0) is 27.4. The minimum Gasteiger partial charge on any atom is -0.606 e. The molecule has 2 bridgehead atoms. The minimum absolute atomic E-state index is 0.00202. The first kappa shape index (κ1) is 34.4. The lowest BCUT2D eigenvalue weighted by Gasteiger charge is -2.49. The van der Waals surface area contributed by atoms with E-state index in [-0.39, 0.29) is 19.3 Å². The molecule has 7 nitrogen and oxygen atoms in total.